The third kappa shape index (κ3) is 2.00. The average molecular weight is 265 g/mol. The summed E-state index contributed by atoms with van der Waals surface area (Å²) in [6.45, 7) is 0. The van der Waals surface area contributed by atoms with Gasteiger partial charge in [-0.1, -0.05) is 17.4 Å². The molecule has 0 saturated heterocycles. The van der Waals surface area contributed by atoms with Gasteiger partial charge in [-0.05, 0) is 22.0 Å². The zero-order chi connectivity index (χ0) is 13.3. The zero-order valence-corrected chi connectivity index (χ0v) is 9.68. The first kappa shape index (κ1) is 12.0. The minimum absolute atomic E-state index is 0.0506. The molecule has 0 radical (unpaired) electrons. The lowest BCUT2D eigenvalue weighted by Crippen LogP contribution is -2.11. The second kappa shape index (κ2) is 4.41. The number of nitrogens with zero attached hydrogens (tertiary/aromatic N) is 2. The van der Waals surface area contributed by atoms with E-state index in [4.69, 9.17) is 5.73 Å². The van der Waals surface area contributed by atoms with Crippen molar-refractivity contribution in [2.45, 2.75) is 0 Å². The predicted octanol–water partition coefficient (Wildman–Crippen LogP) is 1.52. The minimum Gasteiger partial charge on any atom is -0.506 e. The molecule has 0 aliphatic rings. The predicted molar refractivity (Wildman–Crippen MR) is 64.4 cm³/mol. The smallest absolute Gasteiger partial charge is 0.375 e. The monoisotopic (exact) mass is 265 g/mol. The number of nitrogens with two attached hydrogens (primary N) is 1. The Morgan fingerprint density at radius 1 is 1.50 bits per heavy atom. The number of hydrogen-bond donors (Lipinski definition) is 2. The summed E-state index contributed by atoms with van der Waals surface area (Å²) in [5, 5.41) is 21.9. The summed E-state index contributed by atoms with van der Waals surface area (Å²) in [6.07, 6.45) is 0. The Balaban J connectivity index is 2.53. The molecule has 0 saturated carbocycles. The van der Waals surface area contributed by atoms with Crippen LogP contribution in [0.15, 0.2) is 23.6 Å². The van der Waals surface area contributed by atoms with Crippen molar-refractivity contribution in [2.75, 3.05) is 0 Å². The summed E-state index contributed by atoms with van der Waals surface area (Å²) in [4.78, 5) is 24.7. The topological polar surface area (TPSA) is 119 Å². The number of nitro groups is 1. The lowest BCUT2D eigenvalue weighted by Gasteiger charge is -2.02. The molecule has 8 heteroatoms. The van der Waals surface area contributed by atoms with E-state index in [1.54, 1.807) is 0 Å². The number of amides is 1. The number of thiazole rings is 1. The van der Waals surface area contributed by atoms with E-state index >= 15 is 0 Å². The van der Waals surface area contributed by atoms with Crippen molar-refractivity contribution >= 4 is 23.1 Å². The first-order valence-corrected chi connectivity index (χ1v) is 5.60. The van der Waals surface area contributed by atoms with Crippen LogP contribution >= 0.6 is 11.3 Å². The van der Waals surface area contributed by atoms with Gasteiger partial charge < -0.3 is 21.0 Å². The molecule has 18 heavy (non-hydrogen) atoms. The zero-order valence-electron chi connectivity index (χ0n) is 8.86. The molecule has 0 bridgehead atoms. The standard InChI is InChI=1S/C10H7N3O4S/c11-9(15)5-2-1-3-6(8(5)14)10-12-7(4-18-10)13(16)17/h1-4,14H,(H2,11,15). The molecule has 0 unspecified atom stereocenters. The van der Waals surface area contributed by atoms with Crippen molar-refractivity contribution in [1.82, 2.24) is 4.98 Å². The molecule has 1 aromatic carbocycles. The fraction of sp³-hybridized carbons (Fsp3) is 0. The van der Waals surface area contributed by atoms with Gasteiger partial charge in [-0.15, -0.1) is 0 Å². The van der Waals surface area contributed by atoms with Crippen molar-refractivity contribution < 1.29 is 14.8 Å². The highest BCUT2D eigenvalue weighted by Crippen LogP contribution is 2.35. The highest BCUT2D eigenvalue weighted by Gasteiger charge is 2.20. The van der Waals surface area contributed by atoms with Crippen LogP contribution in [0.4, 0.5) is 5.82 Å². The number of benzene rings is 1. The fourth-order valence-electron chi connectivity index (χ4n) is 1.39. The maximum absolute atomic E-state index is 11.1. The van der Waals surface area contributed by atoms with Gasteiger partial charge >= 0.3 is 5.82 Å². The van der Waals surface area contributed by atoms with Gasteiger partial charge in [0.05, 0.1) is 16.5 Å². The van der Waals surface area contributed by atoms with Crippen LogP contribution in [-0.4, -0.2) is 20.9 Å². The highest BCUT2D eigenvalue weighted by atomic mass is 32.1. The summed E-state index contributed by atoms with van der Waals surface area (Å²) in [5.41, 5.74) is 5.28. The lowest BCUT2D eigenvalue weighted by atomic mass is 10.1. The van der Waals surface area contributed by atoms with Crippen molar-refractivity contribution in [1.29, 1.82) is 0 Å². The van der Waals surface area contributed by atoms with Crippen LogP contribution in [0, 0.1) is 10.1 Å². The van der Waals surface area contributed by atoms with E-state index in [0.29, 0.717) is 0 Å². The van der Waals surface area contributed by atoms with Gasteiger partial charge in [0.25, 0.3) is 5.91 Å². The molecule has 7 nitrogen and oxygen atoms in total. The van der Waals surface area contributed by atoms with Gasteiger partial charge in [0.1, 0.15) is 5.75 Å². The fourth-order valence-corrected chi connectivity index (χ4v) is 2.18. The molecule has 1 amide bonds. The van der Waals surface area contributed by atoms with E-state index in [2.05, 4.69) is 4.98 Å². The Kier molecular flexibility index (Phi) is 2.94. The number of aromatic nitrogens is 1. The number of hydrogen-bond acceptors (Lipinski definition) is 6. The maximum Gasteiger partial charge on any atom is 0.375 e. The quantitative estimate of drug-likeness (QED) is 0.644. The number of para-hydroxylation sites is 1. The van der Waals surface area contributed by atoms with E-state index in [1.807, 2.05) is 0 Å². The van der Waals surface area contributed by atoms with E-state index in [9.17, 15) is 20.0 Å². The molecule has 0 atom stereocenters. The molecule has 0 aliphatic heterocycles. The summed E-state index contributed by atoms with van der Waals surface area (Å²) >= 11 is 1.00. The second-order valence-electron chi connectivity index (χ2n) is 3.33. The van der Waals surface area contributed by atoms with Crippen molar-refractivity contribution in [2.24, 2.45) is 5.73 Å². The van der Waals surface area contributed by atoms with Crippen LogP contribution in [0.3, 0.4) is 0 Å². The summed E-state index contributed by atoms with van der Waals surface area (Å²) in [7, 11) is 0. The summed E-state index contributed by atoms with van der Waals surface area (Å²) < 4.78 is 0. The number of phenols is 1. The SMILES string of the molecule is NC(=O)c1cccc(-c2nc([N+](=O)[O-])cs2)c1O. The Morgan fingerprint density at radius 3 is 2.78 bits per heavy atom. The van der Waals surface area contributed by atoms with Crippen LogP contribution in [0.2, 0.25) is 0 Å². The van der Waals surface area contributed by atoms with E-state index in [0.717, 1.165) is 11.3 Å². The maximum atomic E-state index is 11.1. The van der Waals surface area contributed by atoms with E-state index < -0.39 is 10.8 Å². The molecule has 1 aromatic heterocycles. The summed E-state index contributed by atoms with van der Waals surface area (Å²) in [6, 6.07) is 4.38. The Labute approximate surface area is 105 Å². The molecule has 92 valence electrons. The van der Waals surface area contributed by atoms with Gasteiger partial charge in [-0.2, -0.15) is 0 Å². The normalized spacial score (nSPS) is 10.2. The number of carbonyl (C=O) groups is 1. The van der Waals surface area contributed by atoms with Crippen LogP contribution in [0.1, 0.15) is 10.4 Å². The average Bonchev–Trinajstić information content (AvgIpc) is 2.78. The first-order valence-electron chi connectivity index (χ1n) is 4.72. The van der Waals surface area contributed by atoms with Crippen LogP contribution in [0.25, 0.3) is 10.6 Å². The van der Waals surface area contributed by atoms with Gasteiger partial charge in [0, 0.05) is 0 Å². The molecular formula is C10H7N3O4S. The summed E-state index contributed by atoms with van der Waals surface area (Å²) in [5.74, 6) is -1.41. The first-order chi connectivity index (χ1) is 8.50. The Hall–Kier alpha value is -2.48. The van der Waals surface area contributed by atoms with E-state index in [-0.39, 0.29) is 27.7 Å². The third-order valence-corrected chi connectivity index (χ3v) is 3.07. The lowest BCUT2D eigenvalue weighted by molar-refractivity contribution is -0.389. The number of primary amides is 1. The molecule has 1 heterocycles. The highest BCUT2D eigenvalue weighted by molar-refractivity contribution is 7.13. The molecular weight excluding hydrogens is 258 g/mol. The molecule has 2 rings (SSSR count). The second-order valence-corrected chi connectivity index (χ2v) is 4.19. The molecule has 0 spiro atoms. The van der Waals surface area contributed by atoms with Gasteiger partial charge in [0.2, 0.25) is 5.01 Å². The van der Waals surface area contributed by atoms with Gasteiger partial charge in [-0.3, -0.25) is 4.79 Å². The van der Waals surface area contributed by atoms with Crippen molar-refractivity contribution in [3.05, 3.63) is 39.3 Å². The number of carbonyl (C=O) groups excluding carboxylic acids is 1. The van der Waals surface area contributed by atoms with Crippen LogP contribution in [0.5, 0.6) is 5.75 Å². The number of rotatable bonds is 3. The minimum atomic E-state index is -0.777. The van der Waals surface area contributed by atoms with E-state index in [1.165, 1.54) is 23.6 Å². The Bertz CT molecular complexity index is 638. The van der Waals surface area contributed by atoms with Gasteiger partial charge in [-0.25, -0.2) is 0 Å². The largest absolute Gasteiger partial charge is 0.506 e. The molecule has 0 fully saturated rings. The molecule has 0 aliphatic carbocycles. The van der Waals surface area contributed by atoms with Crippen LogP contribution in [-0.2, 0) is 0 Å². The Morgan fingerprint density at radius 2 is 2.22 bits per heavy atom. The van der Waals surface area contributed by atoms with Crippen molar-refractivity contribution in [3.63, 3.8) is 0 Å². The van der Waals surface area contributed by atoms with Crippen LogP contribution < -0.4 is 5.73 Å². The number of aromatic hydroxyl groups is 1. The third-order valence-electron chi connectivity index (χ3n) is 2.21. The van der Waals surface area contributed by atoms with Gasteiger partial charge in [0.15, 0.2) is 0 Å². The van der Waals surface area contributed by atoms with Crippen molar-refractivity contribution in [3.8, 4) is 16.3 Å². The molecule has 2 aromatic rings. The molecule has 3 N–H and O–H groups in total.